The van der Waals surface area contributed by atoms with E-state index >= 15 is 0 Å². The van der Waals surface area contributed by atoms with Gasteiger partial charge in [0.2, 0.25) is 0 Å². The topological polar surface area (TPSA) is 55.0 Å². The number of hydrogen-bond donors (Lipinski definition) is 1. The molecule has 1 aliphatic heterocycles. The molecule has 1 aromatic heterocycles. The molecule has 0 aliphatic carbocycles. The first kappa shape index (κ1) is 9.05. The summed E-state index contributed by atoms with van der Waals surface area (Å²) in [6, 6.07) is 0.362. The van der Waals surface area contributed by atoms with Crippen LogP contribution in [-0.2, 0) is 6.54 Å². The van der Waals surface area contributed by atoms with Crippen molar-refractivity contribution in [3.05, 3.63) is 10.6 Å². The second kappa shape index (κ2) is 3.69. The third-order valence-electron chi connectivity index (χ3n) is 2.42. The third-order valence-corrected chi connectivity index (χ3v) is 3.23. The molecule has 1 aromatic rings. The predicted octanol–water partition coefficient (Wildman–Crippen LogP) is 0.380. The summed E-state index contributed by atoms with van der Waals surface area (Å²) in [5.41, 5.74) is 6.88. The van der Waals surface area contributed by atoms with Gasteiger partial charge in [0.15, 0.2) is 0 Å². The van der Waals surface area contributed by atoms with E-state index in [1.54, 1.807) is 0 Å². The highest BCUT2D eigenvalue weighted by atomic mass is 32.1. The maximum absolute atomic E-state index is 5.82. The number of nitrogens with two attached hydrogens (primary N) is 1. The van der Waals surface area contributed by atoms with E-state index in [0.29, 0.717) is 6.04 Å². The second-order valence-electron chi connectivity index (χ2n) is 3.57. The number of likely N-dealkylation sites (tertiary alicyclic amines) is 1. The molecule has 4 nitrogen and oxygen atoms in total. The van der Waals surface area contributed by atoms with Gasteiger partial charge in [-0.15, -0.1) is 5.10 Å². The highest BCUT2D eigenvalue weighted by Crippen LogP contribution is 2.16. The van der Waals surface area contributed by atoms with E-state index in [-0.39, 0.29) is 0 Å². The van der Waals surface area contributed by atoms with Gasteiger partial charge in [-0.3, -0.25) is 4.90 Å². The number of aromatic nitrogens is 2. The lowest BCUT2D eigenvalue weighted by Gasteiger charge is -2.13. The van der Waals surface area contributed by atoms with Crippen LogP contribution in [0.3, 0.4) is 0 Å². The molecule has 1 saturated heterocycles. The van der Waals surface area contributed by atoms with Crippen LogP contribution in [0.15, 0.2) is 0 Å². The van der Waals surface area contributed by atoms with Crippen molar-refractivity contribution in [3.63, 3.8) is 0 Å². The van der Waals surface area contributed by atoms with E-state index in [2.05, 4.69) is 14.5 Å². The van der Waals surface area contributed by atoms with E-state index in [4.69, 9.17) is 5.73 Å². The molecule has 0 aromatic carbocycles. The van der Waals surface area contributed by atoms with Gasteiger partial charge in [0.1, 0.15) is 0 Å². The second-order valence-corrected chi connectivity index (χ2v) is 4.40. The predicted molar refractivity (Wildman–Crippen MR) is 52.5 cm³/mol. The maximum Gasteiger partial charge on any atom is 0.0769 e. The van der Waals surface area contributed by atoms with Gasteiger partial charge in [-0.1, -0.05) is 4.49 Å². The van der Waals surface area contributed by atoms with Crippen LogP contribution in [0.1, 0.15) is 17.0 Å². The van der Waals surface area contributed by atoms with Gasteiger partial charge in [0.05, 0.1) is 10.6 Å². The molecule has 13 heavy (non-hydrogen) atoms. The largest absolute Gasteiger partial charge is 0.326 e. The summed E-state index contributed by atoms with van der Waals surface area (Å²) in [4.78, 5) is 3.64. The molecule has 2 N–H and O–H groups in total. The summed E-state index contributed by atoms with van der Waals surface area (Å²) in [6.07, 6.45) is 1.12. The van der Waals surface area contributed by atoms with Gasteiger partial charge in [-0.25, -0.2) is 0 Å². The van der Waals surface area contributed by atoms with Gasteiger partial charge in [-0.05, 0) is 24.9 Å². The zero-order valence-electron chi connectivity index (χ0n) is 7.73. The lowest BCUT2D eigenvalue weighted by molar-refractivity contribution is 0.329. The van der Waals surface area contributed by atoms with Crippen LogP contribution in [0.2, 0.25) is 0 Å². The molecule has 0 saturated carbocycles. The summed E-state index contributed by atoms with van der Waals surface area (Å²) >= 11 is 1.49. The lowest BCUT2D eigenvalue weighted by atomic mass is 10.3. The monoisotopic (exact) mass is 198 g/mol. The number of nitrogens with zero attached hydrogens (tertiary/aromatic N) is 3. The molecular formula is C8H14N4S. The molecular weight excluding hydrogens is 184 g/mol. The maximum atomic E-state index is 5.82. The standard InChI is InChI=1S/C8H14N4S/c1-6-8(13-11-10-6)5-12-3-2-7(9)4-12/h7H,2-5,9H2,1H3/t7-/m0/s1. The Hall–Kier alpha value is -0.520. The van der Waals surface area contributed by atoms with Crippen LogP contribution in [0, 0.1) is 6.92 Å². The molecule has 0 spiro atoms. The average Bonchev–Trinajstić information content (AvgIpc) is 2.64. The first-order valence-corrected chi connectivity index (χ1v) is 5.29. The van der Waals surface area contributed by atoms with Crippen molar-refractivity contribution in [1.29, 1.82) is 0 Å². The van der Waals surface area contributed by atoms with E-state index in [1.165, 1.54) is 16.4 Å². The Bertz CT molecular complexity index is 285. The van der Waals surface area contributed by atoms with E-state index < -0.39 is 0 Å². The van der Waals surface area contributed by atoms with Crippen molar-refractivity contribution >= 4 is 11.5 Å². The van der Waals surface area contributed by atoms with E-state index in [9.17, 15) is 0 Å². The summed E-state index contributed by atoms with van der Waals surface area (Å²) in [5.74, 6) is 0. The summed E-state index contributed by atoms with van der Waals surface area (Å²) in [7, 11) is 0. The number of rotatable bonds is 2. The Morgan fingerprint density at radius 2 is 2.54 bits per heavy atom. The minimum atomic E-state index is 0.362. The van der Waals surface area contributed by atoms with Gasteiger partial charge >= 0.3 is 0 Å². The molecule has 1 aliphatic rings. The van der Waals surface area contributed by atoms with Crippen molar-refractivity contribution < 1.29 is 0 Å². The van der Waals surface area contributed by atoms with Gasteiger partial charge < -0.3 is 5.73 Å². The molecule has 2 heterocycles. The highest BCUT2D eigenvalue weighted by molar-refractivity contribution is 7.05. The van der Waals surface area contributed by atoms with E-state index in [0.717, 1.165) is 31.7 Å². The van der Waals surface area contributed by atoms with Gasteiger partial charge in [0, 0.05) is 25.7 Å². The molecule has 1 fully saturated rings. The Kier molecular flexibility index (Phi) is 2.57. The first-order valence-electron chi connectivity index (χ1n) is 4.51. The Morgan fingerprint density at radius 1 is 1.69 bits per heavy atom. The highest BCUT2D eigenvalue weighted by Gasteiger charge is 2.20. The van der Waals surface area contributed by atoms with Crippen molar-refractivity contribution in [2.45, 2.75) is 25.9 Å². The first-order chi connectivity index (χ1) is 6.25. The van der Waals surface area contributed by atoms with Crippen LogP contribution < -0.4 is 5.73 Å². The van der Waals surface area contributed by atoms with Crippen LogP contribution in [0.5, 0.6) is 0 Å². The summed E-state index contributed by atoms with van der Waals surface area (Å²) in [5, 5.41) is 3.99. The van der Waals surface area contributed by atoms with Crippen molar-refractivity contribution in [2.24, 2.45) is 5.73 Å². The lowest BCUT2D eigenvalue weighted by Crippen LogP contribution is -2.26. The molecule has 0 bridgehead atoms. The smallest absolute Gasteiger partial charge is 0.0769 e. The van der Waals surface area contributed by atoms with Crippen LogP contribution in [-0.4, -0.2) is 33.6 Å². The van der Waals surface area contributed by atoms with Gasteiger partial charge in [-0.2, -0.15) is 0 Å². The minimum absolute atomic E-state index is 0.362. The third kappa shape index (κ3) is 2.04. The zero-order chi connectivity index (χ0) is 9.26. The molecule has 2 rings (SSSR count). The molecule has 0 radical (unpaired) electrons. The van der Waals surface area contributed by atoms with E-state index in [1.807, 2.05) is 6.92 Å². The average molecular weight is 198 g/mol. The molecule has 0 amide bonds. The van der Waals surface area contributed by atoms with Crippen molar-refractivity contribution in [1.82, 2.24) is 14.5 Å². The van der Waals surface area contributed by atoms with Gasteiger partial charge in [0.25, 0.3) is 0 Å². The quantitative estimate of drug-likeness (QED) is 0.746. The SMILES string of the molecule is Cc1nnsc1CN1CC[C@H](N)C1. The summed E-state index contributed by atoms with van der Waals surface area (Å²) < 4.78 is 3.92. The molecule has 1 atom stereocenters. The number of hydrogen-bond acceptors (Lipinski definition) is 5. The fourth-order valence-electron chi connectivity index (χ4n) is 1.61. The minimum Gasteiger partial charge on any atom is -0.326 e. The molecule has 0 unspecified atom stereocenters. The normalized spacial score (nSPS) is 24.0. The fourth-order valence-corrected chi connectivity index (χ4v) is 2.28. The zero-order valence-corrected chi connectivity index (χ0v) is 8.55. The van der Waals surface area contributed by atoms with Crippen LogP contribution in [0.4, 0.5) is 0 Å². The molecule has 5 heteroatoms. The van der Waals surface area contributed by atoms with Crippen molar-refractivity contribution in [2.75, 3.05) is 13.1 Å². The van der Waals surface area contributed by atoms with Crippen molar-refractivity contribution in [3.8, 4) is 0 Å². The van der Waals surface area contributed by atoms with Crippen LogP contribution >= 0.6 is 11.5 Å². The number of aryl methyl sites for hydroxylation is 1. The Labute approximate surface area is 81.9 Å². The Morgan fingerprint density at radius 3 is 3.08 bits per heavy atom. The Balaban J connectivity index is 1.95. The summed E-state index contributed by atoms with van der Waals surface area (Å²) in [6.45, 7) is 5.10. The molecule has 72 valence electrons. The van der Waals surface area contributed by atoms with Crippen LogP contribution in [0.25, 0.3) is 0 Å². The fraction of sp³-hybridized carbons (Fsp3) is 0.750.